The van der Waals surface area contributed by atoms with Crippen LogP contribution in [0.4, 0.5) is 18.9 Å². The number of anilines is 1. The second kappa shape index (κ2) is 6.24. The first-order chi connectivity index (χ1) is 10.3. The van der Waals surface area contributed by atoms with Gasteiger partial charge >= 0.3 is 6.18 Å². The van der Waals surface area contributed by atoms with Crippen LogP contribution in [0.2, 0.25) is 0 Å². The van der Waals surface area contributed by atoms with Gasteiger partial charge in [-0.15, -0.1) is 5.53 Å². The van der Waals surface area contributed by atoms with Gasteiger partial charge in [-0.2, -0.15) is 18.3 Å². The van der Waals surface area contributed by atoms with Crippen molar-refractivity contribution < 1.29 is 22.8 Å². The van der Waals surface area contributed by atoms with Gasteiger partial charge in [0.25, 0.3) is 5.91 Å². The number of hydrogen-bond acceptors (Lipinski definition) is 5. The lowest BCUT2D eigenvalue weighted by atomic mass is 10.2. The Balaban J connectivity index is 1.96. The summed E-state index contributed by atoms with van der Waals surface area (Å²) in [5.41, 5.74) is 2.51. The number of alkyl halides is 3. The highest BCUT2D eigenvalue weighted by molar-refractivity contribution is 5.79. The van der Waals surface area contributed by atoms with Gasteiger partial charge in [0.05, 0.1) is 17.5 Å². The minimum Gasteiger partial charge on any atom is -0.357 e. The first-order valence-corrected chi connectivity index (χ1v) is 6.40. The van der Waals surface area contributed by atoms with E-state index in [-0.39, 0.29) is 5.91 Å². The summed E-state index contributed by atoms with van der Waals surface area (Å²) >= 11 is 0. The Hall–Kier alpha value is -2.26. The maximum Gasteiger partial charge on any atom is 0.416 e. The second-order valence-electron chi connectivity index (χ2n) is 4.50. The van der Waals surface area contributed by atoms with Crippen molar-refractivity contribution in [1.29, 1.82) is 0 Å². The van der Waals surface area contributed by atoms with E-state index in [4.69, 9.17) is 4.84 Å². The lowest BCUT2D eigenvalue weighted by molar-refractivity contribution is -0.191. The first-order valence-electron chi connectivity index (χ1n) is 6.40. The monoisotopic (exact) mass is 316 g/mol. The molecule has 0 spiro atoms. The zero-order chi connectivity index (χ0) is 16.3. The zero-order valence-electron chi connectivity index (χ0n) is 11.9. The molecule has 1 aromatic carbocycles. The fourth-order valence-electron chi connectivity index (χ4n) is 1.74. The summed E-state index contributed by atoms with van der Waals surface area (Å²) in [5, 5.41) is 5.09. The normalized spacial score (nSPS) is 16.0. The number of nitrogens with zero attached hydrogens (tertiary/aromatic N) is 2. The highest BCUT2D eigenvalue weighted by Crippen LogP contribution is 2.30. The molecule has 0 aromatic heterocycles. The molecule has 1 aliphatic heterocycles. The largest absolute Gasteiger partial charge is 0.416 e. The van der Waals surface area contributed by atoms with Crippen molar-refractivity contribution in [1.82, 2.24) is 16.0 Å². The summed E-state index contributed by atoms with van der Waals surface area (Å²) in [4.78, 5) is 16.6. The molecule has 0 saturated carbocycles. The molecule has 1 heterocycles. The van der Waals surface area contributed by atoms with Crippen LogP contribution in [0.5, 0.6) is 0 Å². The fourth-order valence-corrected chi connectivity index (χ4v) is 1.74. The van der Waals surface area contributed by atoms with Crippen LogP contribution < -0.4 is 15.9 Å². The molecule has 0 fully saturated rings. The quantitative estimate of drug-likeness (QED) is 0.887. The number of hydroxylamine groups is 1. The van der Waals surface area contributed by atoms with E-state index < -0.39 is 17.8 Å². The summed E-state index contributed by atoms with van der Waals surface area (Å²) in [6.45, 7) is 1.56. The number of hydrogen-bond donors (Lipinski definition) is 2. The van der Waals surface area contributed by atoms with E-state index in [0.29, 0.717) is 5.69 Å². The Labute approximate surface area is 125 Å². The van der Waals surface area contributed by atoms with Crippen molar-refractivity contribution in [2.24, 2.45) is 0 Å². The highest BCUT2D eigenvalue weighted by Gasteiger charge is 2.30. The van der Waals surface area contributed by atoms with Gasteiger partial charge in [0.2, 0.25) is 0 Å². The number of nitrogens with one attached hydrogen (secondary N) is 2. The Morgan fingerprint density at radius 1 is 1.27 bits per heavy atom. The summed E-state index contributed by atoms with van der Waals surface area (Å²) in [5.74, 6) is -0.303. The van der Waals surface area contributed by atoms with Crippen LogP contribution in [0.25, 0.3) is 0 Å². The third-order valence-corrected chi connectivity index (χ3v) is 2.92. The SMILES string of the molecule is CNC(=O)C(C)ON1C=CN(c2ccc(C(F)(F)F)cc2)N1. The predicted molar refractivity (Wildman–Crippen MR) is 72.7 cm³/mol. The van der Waals surface area contributed by atoms with Gasteiger partial charge in [0.1, 0.15) is 0 Å². The molecule has 2 N–H and O–H groups in total. The van der Waals surface area contributed by atoms with Gasteiger partial charge < -0.3 is 5.32 Å². The fraction of sp³-hybridized carbons (Fsp3) is 0.308. The van der Waals surface area contributed by atoms with Crippen molar-refractivity contribution in [2.75, 3.05) is 12.1 Å². The van der Waals surface area contributed by atoms with E-state index in [1.54, 1.807) is 13.1 Å². The number of carbonyl (C=O) groups is 1. The number of benzene rings is 1. The van der Waals surface area contributed by atoms with E-state index in [2.05, 4.69) is 10.9 Å². The molecule has 22 heavy (non-hydrogen) atoms. The van der Waals surface area contributed by atoms with Crippen molar-refractivity contribution >= 4 is 11.6 Å². The summed E-state index contributed by atoms with van der Waals surface area (Å²) in [7, 11) is 1.49. The topological polar surface area (TPSA) is 56.8 Å². The molecular formula is C13H15F3N4O2. The van der Waals surface area contributed by atoms with Crippen LogP contribution in [-0.4, -0.2) is 24.2 Å². The van der Waals surface area contributed by atoms with Crippen LogP contribution in [-0.2, 0) is 15.8 Å². The van der Waals surface area contributed by atoms with Gasteiger partial charge in [-0.05, 0) is 31.2 Å². The standard InChI is InChI=1S/C13H15F3N4O2/c1-9(12(21)17-2)22-20-8-7-19(18-20)11-5-3-10(4-6-11)13(14,15)16/h3-9,18H,1-2H3,(H,17,21). The molecule has 1 unspecified atom stereocenters. The summed E-state index contributed by atoms with van der Waals surface area (Å²) in [6, 6.07) is 4.63. The molecule has 120 valence electrons. The average molecular weight is 316 g/mol. The molecule has 1 atom stereocenters. The highest BCUT2D eigenvalue weighted by atomic mass is 19.4. The van der Waals surface area contributed by atoms with Gasteiger partial charge in [-0.3, -0.25) is 9.80 Å². The summed E-state index contributed by atoms with van der Waals surface area (Å²) < 4.78 is 37.5. The molecule has 6 nitrogen and oxygen atoms in total. The van der Waals surface area contributed by atoms with Crippen molar-refractivity contribution in [2.45, 2.75) is 19.2 Å². The number of carbonyl (C=O) groups excluding carboxylic acids is 1. The molecule has 9 heteroatoms. The molecule has 0 radical (unpaired) electrons. The smallest absolute Gasteiger partial charge is 0.357 e. The molecule has 1 aromatic rings. The number of amides is 1. The molecule has 0 aliphatic carbocycles. The Kier molecular flexibility index (Phi) is 4.57. The average Bonchev–Trinajstić information content (AvgIpc) is 2.94. The maximum atomic E-state index is 12.5. The molecular weight excluding hydrogens is 301 g/mol. The van der Waals surface area contributed by atoms with Gasteiger partial charge in [-0.25, -0.2) is 4.84 Å². The molecule has 0 bridgehead atoms. The predicted octanol–water partition coefficient (Wildman–Crippen LogP) is 1.78. The van der Waals surface area contributed by atoms with E-state index in [1.807, 2.05) is 0 Å². The second-order valence-corrected chi connectivity index (χ2v) is 4.50. The third-order valence-electron chi connectivity index (χ3n) is 2.92. The third kappa shape index (κ3) is 3.68. The zero-order valence-corrected chi connectivity index (χ0v) is 11.9. The van der Waals surface area contributed by atoms with Crippen LogP contribution in [0.15, 0.2) is 36.7 Å². The number of halogens is 3. The van der Waals surface area contributed by atoms with Crippen LogP contribution in [0.3, 0.4) is 0 Å². The van der Waals surface area contributed by atoms with Crippen LogP contribution in [0.1, 0.15) is 12.5 Å². The van der Waals surface area contributed by atoms with E-state index in [0.717, 1.165) is 12.1 Å². The molecule has 1 amide bonds. The lowest BCUT2D eigenvalue weighted by Gasteiger charge is -2.24. The van der Waals surface area contributed by atoms with Crippen molar-refractivity contribution in [3.63, 3.8) is 0 Å². The Bertz CT molecular complexity index is 559. The van der Waals surface area contributed by atoms with E-state index in [9.17, 15) is 18.0 Å². The minimum atomic E-state index is -4.37. The van der Waals surface area contributed by atoms with E-state index >= 15 is 0 Å². The molecule has 1 aliphatic rings. The van der Waals surface area contributed by atoms with Gasteiger partial charge in [-0.1, -0.05) is 0 Å². The molecule has 0 saturated heterocycles. The minimum absolute atomic E-state index is 0.303. The number of likely N-dealkylation sites (N-methyl/N-ethyl adjacent to an activating group) is 1. The number of hydrazine groups is 2. The van der Waals surface area contributed by atoms with Crippen LogP contribution >= 0.6 is 0 Å². The van der Waals surface area contributed by atoms with Gasteiger partial charge in [0, 0.05) is 13.2 Å². The number of rotatable bonds is 4. The lowest BCUT2D eigenvalue weighted by Crippen LogP contribution is -2.44. The Morgan fingerprint density at radius 3 is 2.45 bits per heavy atom. The Morgan fingerprint density at radius 2 is 1.91 bits per heavy atom. The van der Waals surface area contributed by atoms with Gasteiger partial charge in [0.15, 0.2) is 6.10 Å². The van der Waals surface area contributed by atoms with Crippen molar-refractivity contribution in [3.8, 4) is 0 Å². The van der Waals surface area contributed by atoms with Crippen molar-refractivity contribution in [3.05, 3.63) is 42.2 Å². The summed E-state index contributed by atoms with van der Waals surface area (Å²) in [6.07, 6.45) is -2.05. The maximum absolute atomic E-state index is 12.5. The van der Waals surface area contributed by atoms with Crippen LogP contribution in [0, 0.1) is 0 Å². The molecule has 2 rings (SSSR count). The van der Waals surface area contributed by atoms with E-state index in [1.165, 1.54) is 35.6 Å². The first kappa shape index (κ1) is 16.1.